The highest BCUT2D eigenvalue weighted by Crippen LogP contribution is 2.29. The second-order valence-electron chi connectivity index (χ2n) is 7.28. The lowest BCUT2D eigenvalue weighted by atomic mass is 10.1. The van der Waals surface area contributed by atoms with Gasteiger partial charge in [-0.15, -0.1) is 0 Å². The van der Waals surface area contributed by atoms with Crippen LogP contribution < -0.4 is 5.32 Å². The van der Waals surface area contributed by atoms with Gasteiger partial charge in [-0.3, -0.25) is 9.69 Å². The maximum absolute atomic E-state index is 12.6. The van der Waals surface area contributed by atoms with Crippen LogP contribution in [0.15, 0.2) is 24.3 Å². The van der Waals surface area contributed by atoms with E-state index in [1.54, 1.807) is 12.1 Å². The zero-order valence-electron chi connectivity index (χ0n) is 14.9. The molecule has 0 bridgehead atoms. The van der Waals surface area contributed by atoms with Crippen molar-refractivity contribution < 1.29 is 18.0 Å². The first-order valence-electron chi connectivity index (χ1n) is 9.29. The van der Waals surface area contributed by atoms with Crippen LogP contribution in [-0.2, 0) is 17.5 Å². The summed E-state index contributed by atoms with van der Waals surface area (Å²) in [6, 6.07) is 5.35. The van der Waals surface area contributed by atoms with Crippen LogP contribution in [-0.4, -0.2) is 55.0 Å². The van der Waals surface area contributed by atoms with Crippen LogP contribution >= 0.6 is 0 Å². The molecule has 4 nitrogen and oxygen atoms in total. The highest BCUT2D eigenvalue weighted by Gasteiger charge is 2.30. The van der Waals surface area contributed by atoms with Gasteiger partial charge in [0.25, 0.3) is 0 Å². The quantitative estimate of drug-likeness (QED) is 0.838. The topological polar surface area (TPSA) is 35.6 Å². The Morgan fingerprint density at radius 3 is 2.46 bits per heavy atom. The number of nitrogens with one attached hydrogen (secondary N) is 1. The van der Waals surface area contributed by atoms with Crippen molar-refractivity contribution in [3.8, 4) is 0 Å². The van der Waals surface area contributed by atoms with E-state index < -0.39 is 11.7 Å². The van der Waals surface area contributed by atoms with Crippen molar-refractivity contribution in [1.29, 1.82) is 0 Å². The van der Waals surface area contributed by atoms with Gasteiger partial charge in [0.1, 0.15) is 0 Å². The van der Waals surface area contributed by atoms with Crippen LogP contribution in [0.4, 0.5) is 13.2 Å². The smallest absolute Gasteiger partial charge is 0.340 e. The minimum atomic E-state index is -4.30. The Balaban J connectivity index is 1.44. The summed E-state index contributed by atoms with van der Waals surface area (Å²) in [7, 11) is 0. The standard InChI is InChI=1S/C19H26F3N3O/c20-19(21,22)17-6-4-16(5-7-17)14-24-8-1-9-25(11-10-24)18(26)13-23-12-15-2-3-15/h4-7,15,23H,1-3,8-14H2. The summed E-state index contributed by atoms with van der Waals surface area (Å²) in [6.45, 7) is 4.95. The lowest BCUT2D eigenvalue weighted by Gasteiger charge is -2.22. The molecule has 144 valence electrons. The molecule has 0 aromatic heterocycles. The van der Waals surface area contributed by atoms with E-state index in [1.165, 1.54) is 12.8 Å². The molecule has 0 spiro atoms. The maximum atomic E-state index is 12.6. The Labute approximate surface area is 152 Å². The number of halogens is 3. The molecule has 0 atom stereocenters. The number of hydrogen-bond acceptors (Lipinski definition) is 3. The summed E-state index contributed by atoms with van der Waals surface area (Å²) in [5, 5.41) is 3.24. The van der Waals surface area contributed by atoms with Crippen molar-refractivity contribution in [2.24, 2.45) is 5.92 Å². The molecular weight excluding hydrogens is 343 g/mol. The predicted molar refractivity (Wildman–Crippen MR) is 93.5 cm³/mol. The molecule has 7 heteroatoms. The minimum absolute atomic E-state index is 0.141. The SMILES string of the molecule is O=C(CNCC1CC1)N1CCCN(Cc2ccc(C(F)(F)F)cc2)CC1. The number of benzene rings is 1. The van der Waals surface area contributed by atoms with Gasteiger partial charge in [0.2, 0.25) is 5.91 Å². The van der Waals surface area contributed by atoms with Crippen LogP contribution in [0, 0.1) is 5.92 Å². The molecule has 2 aliphatic rings. The van der Waals surface area contributed by atoms with Crippen LogP contribution in [0.3, 0.4) is 0 Å². The van der Waals surface area contributed by atoms with Gasteiger partial charge in [-0.25, -0.2) is 0 Å². The van der Waals surface area contributed by atoms with Crippen LogP contribution in [0.25, 0.3) is 0 Å². The molecule has 1 aliphatic carbocycles. The number of carbonyl (C=O) groups is 1. The first kappa shape index (κ1) is 19.2. The zero-order valence-corrected chi connectivity index (χ0v) is 14.9. The van der Waals surface area contributed by atoms with E-state index in [-0.39, 0.29) is 5.91 Å². The highest BCUT2D eigenvalue weighted by atomic mass is 19.4. The molecule has 1 aliphatic heterocycles. The molecule has 3 rings (SSSR count). The molecule has 0 unspecified atom stereocenters. The summed E-state index contributed by atoms with van der Waals surface area (Å²) >= 11 is 0. The molecular formula is C19H26F3N3O. The average molecular weight is 369 g/mol. The largest absolute Gasteiger partial charge is 0.416 e. The fraction of sp³-hybridized carbons (Fsp3) is 0.632. The van der Waals surface area contributed by atoms with Gasteiger partial charge in [-0.1, -0.05) is 12.1 Å². The van der Waals surface area contributed by atoms with Crippen molar-refractivity contribution in [2.75, 3.05) is 39.3 Å². The monoisotopic (exact) mass is 369 g/mol. The normalized spacial score (nSPS) is 19.4. The van der Waals surface area contributed by atoms with Gasteiger partial charge < -0.3 is 10.2 Å². The van der Waals surface area contributed by atoms with E-state index in [0.717, 1.165) is 56.2 Å². The summed E-state index contributed by atoms with van der Waals surface area (Å²) in [4.78, 5) is 16.4. The zero-order chi connectivity index (χ0) is 18.6. The molecule has 1 amide bonds. The molecule has 1 heterocycles. The van der Waals surface area contributed by atoms with Gasteiger partial charge in [0, 0.05) is 32.7 Å². The molecule has 1 saturated carbocycles. The first-order valence-corrected chi connectivity index (χ1v) is 9.29. The van der Waals surface area contributed by atoms with Crippen LogP contribution in [0.5, 0.6) is 0 Å². The van der Waals surface area contributed by atoms with E-state index in [9.17, 15) is 18.0 Å². The van der Waals surface area contributed by atoms with Gasteiger partial charge >= 0.3 is 6.18 Å². The van der Waals surface area contributed by atoms with Crippen LogP contribution in [0.1, 0.15) is 30.4 Å². The number of nitrogens with zero attached hydrogens (tertiary/aromatic N) is 2. The summed E-state index contributed by atoms with van der Waals surface area (Å²) in [5.41, 5.74) is 0.247. The number of rotatable bonds is 6. The third kappa shape index (κ3) is 5.71. The van der Waals surface area contributed by atoms with Crippen LogP contribution in [0.2, 0.25) is 0 Å². The Bertz CT molecular complexity index is 599. The Kier molecular flexibility index (Phi) is 6.19. The number of carbonyl (C=O) groups excluding carboxylic acids is 1. The second-order valence-corrected chi connectivity index (χ2v) is 7.28. The number of alkyl halides is 3. The van der Waals surface area contributed by atoms with Gasteiger partial charge in [0.15, 0.2) is 0 Å². The Morgan fingerprint density at radius 2 is 1.81 bits per heavy atom. The lowest BCUT2D eigenvalue weighted by Crippen LogP contribution is -2.40. The molecule has 1 N–H and O–H groups in total. The predicted octanol–water partition coefficient (Wildman–Crippen LogP) is 2.74. The Hall–Kier alpha value is -1.60. The van der Waals surface area contributed by atoms with E-state index in [4.69, 9.17) is 0 Å². The molecule has 1 saturated heterocycles. The van der Waals surface area contributed by atoms with Gasteiger partial charge in [0.05, 0.1) is 12.1 Å². The molecule has 0 radical (unpaired) electrons. The average Bonchev–Trinajstić information content (AvgIpc) is 3.42. The van der Waals surface area contributed by atoms with E-state index in [0.29, 0.717) is 19.6 Å². The maximum Gasteiger partial charge on any atom is 0.416 e. The molecule has 2 fully saturated rings. The number of amides is 1. The van der Waals surface area contributed by atoms with Crippen molar-refractivity contribution in [2.45, 2.75) is 32.0 Å². The summed E-state index contributed by atoms with van der Waals surface area (Å²) in [5.74, 6) is 0.896. The van der Waals surface area contributed by atoms with E-state index in [2.05, 4.69) is 10.2 Å². The van der Waals surface area contributed by atoms with Crippen molar-refractivity contribution in [1.82, 2.24) is 15.1 Å². The second kappa shape index (κ2) is 8.39. The van der Waals surface area contributed by atoms with Crippen molar-refractivity contribution in [3.63, 3.8) is 0 Å². The molecule has 1 aromatic rings. The lowest BCUT2D eigenvalue weighted by molar-refractivity contribution is -0.137. The first-order chi connectivity index (χ1) is 12.4. The van der Waals surface area contributed by atoms with Crippen molar-refractivity contribution in [3.05, 3.63) is 35.4 Å². The Morgan fingerprint density at radius 1 is 1.08 bits per heavy atom. The fourth-order valence-electron chi connectivity index (χ4n) is 3.25. The third-order valence-electron chi connectivity index (χ3n) is 5.03. The van der Waals surface area contributed by atoms with E-state index in [1.807, 2.05) is 4.90 Å². The highest BCUT2D eigenvalue weighted by molar-refractivity contribution is 5.78. The molecule has 1 aromatic carbocycles. The third-order valence-corrected chi connectivity index (χ3v) is 5.03. The summed E-state index contributed by atoms with van der Waals surface area (Å²) in [6.07, 6.45) is -0.877. The van der Waals surface area contributed by atoms with Crippen molar-refractivity contribution >= 4 is 5.91 Å². The van der Waals surface area contributed by atoms with Gasteiger partial charge in [-0.05, 0) is 49.4 Å². The minimum Gasteiger partial charge on any atom is -0.340 e. The van der Waals surface area contributed by atoms with Gasteiger partial charge in [-0.2, -0.15) is 13.2 Å². The van der Waals surface area contributed by atoms with E-state index >= 15 is 0 Å². The summed E-state index contributed by atoms with van der Waals surface area (Å²) < 4.78 is 37.9. The fourth-order valence-corrected chi connectivity index (χ4v) is 3.25. The molecule has 26 heavy (non-hydrogen) atoms. The number of hydrogen-bond donors (Lipinski definition) is 1.